The van der Waals surface area contributed by atoms with Gasteiger partial charge in [0.25, 0.3) is 20.4 Å². The Bertz CT molecular complexity index is 3100. The largest absolute Gasteiger partial charge is 0.340 e. The maximum atomic E-state index is 13.5. The van der Waals surface area contributed by atoms with Crippen molar-refractivity contribution in [1.29, 1.82) is 0 Å². The average Bonchev–Trinajstić information content (AvgIpc) is 4.11. The lowest BCUT2D eigenvalue weighted by Crippen LogP contribution is -2.55. The molecule has 6 aromatic rings. The number of rotatable bonds is 8. The molecule has 4 atom stereocenters. The van der Waals surface area contributed by atoms with Crippen LogP contribution in [0.25, 0.3) is 21.1 Å². The van der Waals surface area contributed by atoms with E-state index in [0.717, 1.165) is 68.7 Å². The molecular formula is C36H36Cl2F2N12O6S4. The molecule has 26 heteroatoms. The van der Waals surface area contributed by atoms with Crippen molar-refractivity contribution in [1.82, 2.24) is 47.1 Å². The van der Waals surface area contributed by atoms with Crippen LogP contribution < -0.4 is 20.1 Å². The number of aryl methyl sites for hydroxylation is 2. The van der Waals surface area contributed by atoms with E-state index in [2.05, 4.69) is 40.0 Å². The van der Waals surface area contributed by atoms with Crippen molar-refractivity contribution in [2.45, 2.75) is 37.0 Å². The van der Waals surface area contributed by atoms with Crippen molar-refractivity contribution in [3.05, 3.63) is 106 Å². The summed E-state index contributed by atoms with van der Waals surface area (Å²) in [4.78, 5) is 43.5. The number of thiazole rings is 2. The number of hydrogen-bond donors (Lipinski definition) is 4. The maximum absolute atomic E-state index is 13.5. The second kappa shape index (κ2) is 18.1. The molecule has 2 aliphatic rings. The molecule has 0 radical (unpaired) electrons. The Kier molecular flexibility index (Phi) is 9.36. The molecule has 4 N–H and O–H groups in total. The Hall–Kier alpha value is -4.76. The predicted molar refractivity (Wildman–Crippen MR) is 231 cm³/mol. The van der Waals surface area contributed by atoms with Crippen molar-refractivity contribution in [3.8, 4) is 21.1 Å². The fraction of sp³-hybridized carbons (Fsp3) is 0.278. The van der Waals surface area contributed by atoms with Gasteiger partial charge in [-0.25, -0.2) is 28.7 Å². The fourth-order valence-corrected chi connectivity index (χ4v) is 10.7. The lowest BCUT2D eigenvalue weighted by Gasteiger charge is -2.35. The third kappa shape index (κ3) is 10.0. The molecule has 2 saturated heterocycles. The minimum absolute atomic E-state index is 0.0377. The van der Waals surface area contributed by atoms with E-state index in [1.165, 1.54) is 36.9 Å². The minimum atomic E-state index is -4.70. The first-order valence-electron chi connectivity index (χ1n) is 23.3. The van der Waals surface area contributed by atoms with Gasteiger partial charge in [-0.15, -0.1) is 22.7 Å². The van der Waals surface area contributed by atoms with Crippen molar-refractivity contribution >= 4 is 89.5 Å². The molecular weight excluding hydrogens is 934 g/mol. The first-order valence-corrected chi connectivity index (χ1v) is 22.6. The third-order valence-corrected chi connectivity index (χ3v) is 14.4. The molecule has 62 heavy (non-hydrogen) atoms. The topological polar surface area (TPSA) is 218 Å². The highest BCUT2D eigenvalue weighted by molar-refractivity contribution is 7.87. The lowest BCUT2D eigenvalue weighted by atomic mass is 10.1. The number of carbonyl (C=O) groups is 2. The number of aromatic nitrogens is 6. The molecule has 2 fully saturated rings. The van der Waals surface area contributed by atoms with Crippen LogP contribution >= 0.6 is 45.9 Å². The number of benzene rings is 2. The highest BCUT2D eigenvalue weighted by Crippen LogP contribution is 2.36. The number of hydrogen-bond acceptors (Lipinski definition) is 12. The molecule has 0 spiro atoms. The normalized spacial score (nSPS) is 24.8. The zero-order chi connectivity index (χ0) is 54.7. The van der Waals surface area contributed by atoms with Gasteiger partial charge in [-0.3, -0.25) is 9.59 Å². The average molecular weight is 982 g/mol. The van der Waals surface area contributed by atoms with Gasteiger partial charge in [0.15, 0.2) is 0 Å². The van der Waals surface area contributed by atoms with Crippen molar-refractivity contribution in [2.24, 2.45) is 14.0 Å². The number of anilines is 2. The summed E-state index contributed by atoms with van der Waals surface area (Å²) in [6.45, 7) is -11.3. The van der Waals surface area contributed by atoms with Gasteiger partial charge in [0.2, 0.25) is 11.8 Å². The highest BCUT2D eigenvalue weighted by atomic mass is 35.5. The molecule has 6 heterocycles. The predicted octanol–water partition coefficient (Wildman–Crippen LogP) is 5.11. The van der Waals surface area contributed by atoms with Crippen LogP contribution in [0.4, 0.5) is 20.2 Å². The van der Waals surface area contributed by atoms with Crippen molar-refractivity contribution in [2.75, 3.05) is 24.6 Å². The maximum Gasteiger partial charge on any atom is 0.280 e. The summed E-state index contributed by atoms with van der Waals surface area (Å²) in [5.74, 6) is -3.42. The molecule has 8 rings (SSSR count). The number of halogens is 4. The lowest BCUT2D eigenvalue weighted by molar-refractivity contribution is -0.120. The van der Waals surface area contributed by atoms with Gasteiger partial charge in [0.05, 0.1) is 55.9 Å². The second-order valence-corrected chi connectivity index (χ2v) is 19.2. The van der Waals surface area contributed by atoms with Gasteiger partial charge in [-0.1, -0.05) is 23.2 Å². The molecule has 4 aromatic heterocycles. The van der Waals surface area contributed by atoms with Crippen LogP contribution in [0.15, 0.2) is 73.8 Å². The van der Waals surface area contributed by atoms with E-state index < -0.39 is 95.9 Å². The van der Waals surface area contributed by atoms with E-state index in [4.69, 9.17) is 39.7 Å². The summed E-state index contributed by atoms with van der Waals surface area (Å²) >= 11 is 13.5. The third-order valence-electron chi connectivity index (χ3n) is 8.88. The Balaban J connectivity index is 0.000000216. The molecule has 18 nitrogen and oxygen atoms in total. The molecule has 0 bridgehead atoms. The van der Waals surface area contributed by atoms with Gasteiger partial charge >= 0.3 is 0 Å². The van der Waals surface area contributed by atoms with E-state index in [9.17, 15) is 35.2 Å². The molecule has 328 valence electrons. The van der Waals surface area contributed by atoms with Gasteiger partial charge in [0, 0.05) is 80.5 Å². The smallest absolute Gasteiger partial charge is 0.280 e. The number of amides is 2. The Labute approximate surface area is 389 Å². The number of imidazole rings is 2. The first kappa shape index (κ1) is 32.0. The molecule has 2 aromatic carbocycles. The van der Waals surface area contributed by atoms with Crippen LogP contribution in [0, 0.1) is 11.6 Å². The molecule has 0 aliphatic carbocycles. The highest BCUT2D eigenvalue weighted by Gasteiger charge is 2.43. The molecule has 2 amide bonds. The van der Waals surface area contributed by atoms with E-state index in [0.29, 0.717) is 9.75 Å². The fourth-order valence-electron chi connectivity index (χ4n) is 5.91. The van der Waals surface area contributed by atoms with Gasteiger partial charge < -0.3 is 19.8 Å². The number of likely N-dealkylation sites (N-methyl/N-ethyl adjacent to an activating group) is 2. The molecule has 2 aliphatic heterocycles. The van der Waals surface area contributed by atoms with Crippen molar-refractivity contribution < 1.29 is 51.7 Å². The molecule has 0 unspecified atom stereocenters. The molecule has 0 saturated carbocycles. The Morgan fingerprint density at radius 1 is 0.710 bits per heavy atom. The van der Waals surface area contributed by atoms with Gasteiger partial charge in [-0.05, 0) is 49.2 Å². The van der Waals surface area contributed by atoms with Crippen LogP contribution in [0.5, 0.6) is 0 Å². The Morgan fingerprint density at radius 2 is 1.13 bits per heavy atom. The van der Waals surface area contributed by atoms with Crippen molar-refractivity contribution in [3.63, 3.8) is 0 Å². The first-order chi connectivity index (χ1) is 34.1. The SMILES string of the molecule is [2H]C([2H])([2H])N1[C@@H](C(=O)Nc2ccc(F)c(Cl)c2)C[C@@H](c2ncc(-c3cn(C([2H])([2H])[2H])cn3)s2)NS1(=O)=O.[2H]C([2H])([2H])N1[C@H](C(=O)Nc2ccc(F)c(Cl)c2)C[C@H](c2ncc(-c3cn(C([2H])([2H])[2H])cn3)s2)NS1(=O)=O. The van der Waals surface area contributed by atoms with Crippen LogP contribution in [0.3, 0.4) is 0 Å². The second-order valence-electron chi connectivity index (χ2n) is 13.1. The van der Waals surface area contributed by atoms with E-state index >= 15 is 0 Å². The zero-order valence-electron chi connectivity index (χ0n) is 42.8. The van der Waals surface area contributed by atoms with Crippen LogP contribution in [0.1, 0.15) is 51.4 Å². The van der Waals surface area contributed by atoms with E-state index in [1.54, 1.807) is 0 Å². The van der Waals surface area contributed by atoms with Gasteiger partial charge in [0.1, 0.15) is 33.7 Å². The summed E-state index contributed by atoms with van der Waals surface area (Å²) in [5.41, 5.74) is 0.641. The summed E-state index contributed by atoms with van der Waals surface area (Å²) in [6, 6.07) is 1.04. The monoisotopic (exact) mass is 980 g/mol. The zero-order valence-corrected chi connectivity index (χ0v) is 35.6. The Morgan fingerprint density at radius 3 is 1.48 bits per heavy atom. The van der Waals surface area contributed by atoms with Gasteiger partial charge in [-0.2, -0.15) is 34.9 Å². The number of carbonyl (C=O) groups excluding carboxylic acids is 2. The van der Waals surface area contributed by atoms with Crippen LogP contribution in [-0.2, 0) is 44.0 Å². The quantitative estimate of drug-likeness (QED) is 0.158. The van der Waals surface area contributed by atoms with E-state index in [1.807, 2.05) is 0 Å². The number of nitrogens with zero attached hydrogens (tertiary/aromatic N) is 8. The van der Waals surface area contributed by atoms with Crippen LogP contribution in [0.2, 0.25) is 10.0 Å². The summed E-state index contributed by atoms with van der Waals surface area (Å²) in [6.07, 6.45) is 6.94. The standard InChI is InChI=1S/2C18H18ClFN6O3S2/c2*1-25-8-14(22-9-25)16-7-21-18(30-16)13-6-15(26(2)31(28,29)24-13)17(27)23-10-3-4-12(20)11(19)5-10/h2*3-5,7-9,13,15,24H,6H2,1-2H3,(H,23,27)/t2*13-,15+/m10/s1/i2*1D3,2D3. The van der Waals surface area contributed by atoms with Crippen LogP contribution in [-0.4, -0.2) is 92.4 Å². The summed E-state index contributed by atoms with van der Waals surface area (Å²) in [7, 11) is -9.41. The summed E-state index contributed by atoms with van der Waals surface area (Å²) in [5, 5.41) is 4.58. The van der Waals surface area contributed by atoms with E-state index in [-0.39, 0.29) is 64.3 Å². The number of nitrogens with one attached hydrogen (secondary N) is 4. The minimum Gasteiger partial charge on any atom is -0.340 e. The summed E-state index contributed by atoms with van der Waals surface area (Å²) < 4.78 is 176.